The topological polar surface area (TPSA) is 70.3 Å². The number of fused-ring (bicyclic) bond motifs is 1. The molecule has 7 heteroatoms. The van der Waals surface area contributed by atoms with Gasteiger partial charge in [-0.1, -0.05) is 0 Å². The molecule has 0 radical (unpaired) electrons. The predicted molar refractivity (Wildman–Crippen MR) is 44.9 cm³/mol. The zero-order chi connectivity index (χ0) is 9.42. The number of nitrogens with zero attached hydrogens (tertiary/aromatic N) is 3. The molecule has 0 fully saturated rings. The van der Waals surface area contributed by atoms with E-state index in [1.165, 1.54) is 10.7 Å². The van der Waals surface area contributed by atoms with Crippen LogP contribution in [0.3, 0.4) is 0 Å². The molecule has 0 aliphatic heterocycles. The molecule has 2 heterocycles. The Balaban J connectivity index is 0.000000980. The van der Waals surface area contributed by atoms with E-state index in [0.717, 1.165) is 0 Å². The Morgan fingerprint density at radius 1 is 1.57 bits per heavy atom. The van der Waals surface area contributed by atoms with Crippen LogP contribution in [0, 0.1) is 6.92 Å². The molecule has 2 aromatic rings. The van der Waals surface area contributed by atoms with E-state index < -0.39 is 11.1 Å². The van der Waals surface area contributed by atoms with Gasteiger partial charge in [0, 0.05) is 12.4 Å². The molecule has 0 spiro atoms. The summed E-state index contributed by atoms with van der Waals surface area (Å²) in [6.07, 6.45) is 3.19. The van der Waals surface area contributed by atoms with E-state index in [-0.39, 0.29) is 34.5 Å². The Morgan fingerprint density at radius 3 is 2.93 bits per heavy atom. The molecule has 2 rings (SSSR count). The van der Waals surface area contributed by atoms with E-state index in [1.807, 2.05) is 0 Å². The van der Waals surface area contributed by atoms with Crippen molar-refractivity contribution in [2.75, 3.05) is 0 Å². The van der Waals surface area contributed by atoms with Crippen molar-refractivity contribution in [2.45, 2.75) is 11.8 Å². The molecule has 0 bridgehead atoms. The van der Waals surface area contributed by atoms with Crippen LogP contribution >= 0.6 is 0 Å². The molecule has 1 unspecified atom stereocenters. The average Bonchev–Trinajstić information content (AvgIpc) is 2.39. The van der Waals surface area contributed by atoms with Gasteiger partial charge >= 0.3 is 29.6 Å². The van der Waals surface area contributed by atoms with Crippen LogP contribution in [0.1, 0.15) is 5.69 Å². The molecule has 0 aliphatic rings. The van der Waals surface area contributed by atoms with Gasteiger partial charge in [0.05, 0.1) is 10.6 Å². The van der Waals surface area contributed by atoms with E-state index in [1.54, 1.807) is 19.2 Å². The Labute approximate surface area is 105 Å². The zero-order valence-corrected chi connectivity index (χ0v) is 10.6. The third-order valence-electron chi connectivity index (χ3n) is 1.68. The van der Waals surface area contributed by atoms with E-state index in [0.29, 0.717) is 11.3 Å². The second kappa shape index (κ2) is 4.50. The minimum Gasteiger partial charge on any atom is -0.768 e. The van der Waals surface area contributed by atoms with Crippen molar-refractivity contribution in [1.82, 2.24) is 14.6 Å². The SMILES string of the molecule is Cc1nn2cccnc2c1S(=O)[O-].[Na+]. The summed E-state index contributed by atoms with van der Waals surface area (Å²) in [5.74, 6) is 0. The van der Waals surface area contributed by atoms with E-state index in [9.17, 15) is 8.76 Å². The molecular weight excluding hydrogens is 213 g/mol. The van der Waals surface area contributed by atoms with Crippen LogP contribution in [0.2, 0.25) is 0 Å². The van der Waals surface area contributed by atoms with Gasteiger partial charge in [-0.15, -0.1) is 0 Å². The minimum absolute atomic E-state index is 0. The molecule has 5 nitrogen and oxygen atoms in total. The normalized spacial score (nSPS) is 12.4. The molecule has 0 saturated carbocycles. The fourth-order valence-corrected chi connectivity index (χ4v) is 1.75. The second-order valence-electron chi connectivity index (χ2n) is 2.54. The number of aromatic nitrogens is 3. The van der Waals surface area contributed by atoms with Crippen LogP contribution in [0.4, 0.5) is 0 Å². The van der Waals surface area contributed by atoms with Crippen molar-refractivity contribution >= 4 is 16.7 Å². The first kappa shape index (κ1) is 11.8. The third-order valence-corrected chi connectivity index (χ3v) is 2.49. The quantitative estimate of drug-likeness (QED) is 0.386. The van der Waals surface area contributed by atoms with E-state index >= 15 is 0 Å². The maximum Gasteiger partial charge on any atom is 1.00 e. The molecule has 1 atom stereocenters. The Bertz CT molecular complexity index is 485. The van der Waals surface area contributed by atoms with Crippen LogP contribution in [-0.2, 0) is 11.1 Å². The molecule has 0 saturated heterocycles. The van der Waals surface area contributed by atoms with E-state index in [4.69, 9.17) is 0 Å². The summed E-state index contributed by atoms with van der Waals surface area (Å²) in [5.41, 5.74) is 0.834. The predicted octanol–water partition coefficient (Wildman–Crippen LogP) is -2.72. The van der Waals surface area contributed by atoms with Crippen LogP contribution in [-0.4, -0.2) is 23.4 Å². The Morgan fingerprint density at radius 2 is 2.29 bits per heavy atom. The monoisotopic (exact) mass is 219 g/mol. The smallest absolute Gasteiger partial charge is 0.768 e. The molecule has 0 aliphatic carbocycles. The number of hydrogen-bond acceptors (Lipinski definition) is 4. The molecule has 0 N–H and O–H groups in total. The van der Waals surface area contributed by atoms with Crippen molar-refractivity contribution < 1.29 is 38.3 Å². The molecule has 2 aromatic heterocycles. The van der Waals surface area contributed by atoms with Crippen LogP contribution in [0.15, 0.2) is 23.4 Å². The summed E-state index contributed by atoms with van der Waals surface area (Å²) in [4.78, 5) is 4.10. The fourth-order valence-electron chi connectivity index (χ4n) is 1.17. The van der Waals surface area contributed by atoms with Gasteiger partial charge < -0.3 is 4.55 Å². The second-order valence-corrected chi connectivity index (χ2v) is 3.41. The Hall–Kier alpha value is -0.270. The first-order chi connectivity index (χ1) is 6.20. The third kappa shape index (κ3) is 1.89. The summed E-state index contributed by atoms with van der Waals surface area (Å²) in [7, 11) is 0. The van der Waals surface area contributed by atoms with Crippen LogP contribution < -0.4 is 29.6 Å². The van der Waals surface area contributed by atoms with Gasteiger partial charge in [0.25, 0.3) is 0 Å². The summed E-state index contributed by atoms with van der Waals surface area (Å²) < 4.78 is 23.1. The van der Waals surface area contributed by atoms with Crippen molar-refractivity contribution in [3.63, 3.8) is 0 Å². The average molecular weight is 219 g/mol. The zero-order valence-electron chi connectivity index (χ0n) is 7.80. The largest absolute Gasteiger partial charge is 1.00 e. The van der Waals surface area contributed by atoms with Gasteiger partial charge in [-0.3, -0.25) is 4.21 Å². The maximum atomic E-state index is 10.8. The van der Waals surface area contributed by atoms with Gasteiger partial charge in [-0.25, -0.2) is 9.50 Å². The molecular formula is C7H6N3NaO2S. The van der Waals surface area contributed by atoms with E-state index in [2.05, 4.69) is 10.1 Å². The first-order valence-corrected chi connectivity index (χ1v) is 4.67. The molecule has 14 heavy (non-hydrogen) atoms. The van der Waals surface area contributed by atoms with Gasteiger partial charge in [-0.05, 0) is 24.1 Å². The summed E-state index contributed by atoms with van der Waals surface area (Å²) in [6, 6.07) is 1.69. The molecule has 68 valence electrons. The summed E-state index contributed by atoms with van der Waals surface area (Å²) in [6.45, 7) is 1.64. The van der Waals surface area contributed by atoms with Gasteiger partial charge in [0.1, 0.15) is 0 Å². The van der Waals surface area contributed by atoms with Crippen molar-refractivity contribution in [3.05, 3.63) is 24.2 Å². The van der Waals surface area contributed by atoms with Crippen LogP contribution in [0.5, 0.6) is 0 Å². The van der Waals surface area contributed by atoms with Gasteiger partial charge in [0.2, 0.25) is 0 Å². The maximum absolute atomic E-state index is 10.8. The summed E-state index contributed by atoms with van der Waals surface area (Å²) in [5, 5.41) is 4.00. The number of aryl methyl sites for hydroxylation is 1. The minimum atomic E-state index is -2.28. The number of hydrogen-bond donors (Lipinski definition) is 0. The molecule has 0 aromatic carbocycles. The number of rotatable bonds is 1. The van der Waals surface area contributed by atoms with Crippen LogP contribution in [0.25, 0.3) is 5.65 Å². The Kier molecular flexibility index (Phi) is 3.79. The summed E-state index contributed by atoms with van der Waals surface area (Å²) >= 11 is -2.28. The first-order valence-electron chi connectivity index (χ1n) is 3.59. The van der Waals surface area contributed by atoms with Gasteiger partial charge in [0.15, 0.2) is 5.65 Å². The van der Waals surface area contributed by atoms with Crippen molar-refractivity contribution in [3.8, 4) is 0 Å². The standard InChI is InChI=1S/C7H7N3O2S.Na/c1-5-6(13(11)12)7-8-3-2-4-10(7)9-5;/h2-4H,1H3,(H,11,12);/q;+1/p-1. The van der Waals surface area contributed by atoms with Crippen molar-refractivity contribution in [2.24, 2.45) is 0 Å². The molecule has 0 amide bonds. The van der Waals surface area contributed by atoms with Gasteiger partial charge in [-0.2, -0.15) is 5.10 Å². The van der Waals surface area contributed by atoms with Crippen molar-refractivity contribution in [1.29, 1.82) is 0 Å². The fraction of sp³-hybridized carbons (Fsp3) is 0.143.